The molecule has 0 unspecified atom stereocenters. The molecule has 0 bridgehead atoms. The molecule has 1 aromatic carbocycles. The van der Waals surface area contributed by atoms with Gasteiger partial charge in [0.1, 0.15) is 0 Å². The number of ketones is 1. The molecule has 0 saturated heterocycles. The van der Waals surface area contributed by atoms with Crippen molar-refractivity contribution in [1.29, 1.82) is 0 Å². The van der Waals surface area contributed by atoms with Crippen molar-refractivity contribution in [1.82, 2.24) is 0 Å². The van der Waals surface area contributed by atoms with Crippen molar-refractivity contribution in [2.45, 2.75) is 46.0 Å². The Morgan fingerprint density at radius 3 is 2.45 bits per heavy atom. The first kappa shape index (κ1) is 13.4. The minimum atomic E-state index is -0.251. The van der Waals surface area contributed by atoms with E-state index in [-0.39, 0.29) is 5.41 Å². The lowest BCUT2D eigenvalue weighted by molar-refractivity contribution is -0.121. The largest absolute Gasteiger partial charge is 0.294 e. The van der Waals surface area contributed by atoms with E-state index in [1.54, 1.807) is 0 Å². The second-order valence-corrected chi connectivity index (χ2v) is 6.58. The van der Waals surface area contributed by atoms with E-state index < -0.39 is 0 Å². The lowest BCUT2D eigenvalue weighted by Crippen LogP contribution is -2.20. The van der Waals surface area contributed by atoms with Crippen molar-refractivity contribution in [3.8, 4) is 0 Å². The minimum Gasteiger partial charge on any atom is -0.294 e. The zero-order chi connectivity index (χ0) is 14.2. The fraction of sp³-hybridized carbons (Fsp3) is 0.421. The third-order valence-electron chi connectivity index (χ3n) is 4.50. The summed E-state index contributed by atoms with van der Waals surface area (Å²) in [6.07, 6.45) is 7.81. The van der Waals surface area contributed by atoms with E-state index in [1.807, 2.05) is 6.07 Å². The van der Waals surface area contributed by atoms with Crippen LogP contribution in [0.25, 0.3) is 5.57 Å². The Kier molecular flexibility index (Phi) is 3.37. The number of hydrogen-bond acceptors (Lipinski definition) is 1. The molecule has 0 amide bonds. The van der Waals surface area contributed by atoms with Crippen LogP contribution in [0.2, 0.25) is 0 Å². The predicted molar refractivity (Wildman–Crippen MR) is 83.3 cm³/mol. The molecule has 1 heteroatoms. The number of benzene rings is 1. The number of allylic oxidation sites excluding steroid dienone is 4. The van der Waals surface area contributed by atoms with Crippen LogP contribution in [0.15, 0.2) is 47.6 Å². The Hall–Kier alpha value is -1.63. The van der Waals surface area contributed by atoms with Gasteiger partial charge in [-0.1, -0.05) is 50.3 Å². The monoisotopic (exact) mass is 266 g/mol. The van der Waals surface area contributed by atoms with Gasteiger partial charge in [0.05, 0.1) is 0 Å². The van der Waals surface area contributed by atoms with Crippen LogP contribution in [0.3, 0.4) is 0 Å². The third-order valence-corrected chi connectivity index (χ3v) is 4.50. The summed E-state index contributed by atoms with van der Waals surface area (Å²) in [6, 6.07) is 10.4. The highest BCUT2D eigenvalue weighted by Crippen LogP contribution is 2.46. The number of Topliss-reactive ketones (excluding diaryl/α,β-unsaturated/α-hetero) is 1. The molecule has 0 heterocycles. The van der Waals surface area contributed by atoms with Crippen LogP contribution in [0.5, 0.6) is 0 Å². The molecule has 0 fully saturated rings. The highest BCUT2D eigenvalue weighted by atomic mass is 16.1. The number of rotatable bonds is 2. The van der Waals surface area contributed by atoms with Gasteiger partial charge < -0.3 is 0 Å². The van der Waals surface area contributed by atoms with Gasteiger partial charge in [0.25, 0.3) is 0 Å². The molecule has 2 aliphatic carbocycles. The van der Waals surface area contributed by atoms with E-state index in [1.165, 1.54) is 29.6 Å². The van der Waals surface area contributed by atoms with Crippen molar-refractivity contribution in [2.24, 2.45) is 5.41 Å². The smallest absolute Gasteiger partial charge is 0.169 e. The molecular formula is C19H22O. The minimum absolute atomic E-state index is 0.251. The third kappa shape index (κ3) is 2.26. The van der Waals surface area contributed by atoms with Crippen molar-refractivity contribution in [3.63, 3.8) is 0 Å². The van der Waals surface area contributed by atoms with Crippen molar-refractivity contribution in [3.05, 3.63) is 53.1 Å². The number of carbonyl (C=O) groups excluding carboxylic acids is 1. The van der Waals surface area contributed by atoms with E-state index in [0.29, 0.717) is 5.78 Å². The van der Waals surface area contributed by atoms with E-state index in [2.05, 4.69) is 44.2 Å². The molecule has 0 aliphatic heterocycles. The van der Waals surface area contributed by atoms with Crippen LogP contribution in [-0.2, 0) is 4.79 Å². The predicted octanol–water partition coefficient (Wildman–Crippen LogP) is 4.94. The summed E-state index contributed by atoms with van der Waals surface area (Å²) in [5.74, 6) is 0.338. The highest BCUT2D eigenvalue weighted by molar-refractivity contribution is 6.13. The Morgan fingerprint density at radius 2 is 1.80 bits per heavy atom. The molecule has 2 aliphatic rings. The maximum atomic E-state index is 12.8. The fourth-order valence-corrected chi connectivity index (χ4v) is 3.38. The van der Waals surface area contributed by atoms with Crippen LogP contribution in [0, 0.1) is 5.41 Å². The summed E-state index contributed by atoms with van der Waals surface area (Å²) in [4.78, 5) is 12.8. The lowest BCUT2D eigenvalue weighted by atomic mass is 9.84. The molecule has 0 spiro atoms. The summed E-state index contributed by atoms with van der Waals surface area (Å²) < 4.78 is 0. The Bertz CT molecular complexity index is 587. The molecule has 0 atom stereocenters. The molecule has 1 aromatic rings. The summed E-state index contributed by atoms with van der Waals surface area (Å²) in [5, 5.41) is 0. The maximum absolute atomic E-state index is 12.8. The molecule has 0 saturated carbocycles. The van der Waals surface area contributed by atoms with Gasteiger partial charge in [0.15, 0.2) is 5.78 Å². The summed E-state index contributed by atoms with van der Waals surface area (Å²) >= 11 is 0. The molecule has 3 rings (SSSR count). The summed E-state index contributed by atoms with van der Waals surface area (Å²) in [6.45, 7) is 4.16. The van der Waals surface area contributed by atoms with E-state index >= 15 is 0 Å². The van der Waals surface area contributed by atoms with E-state index in [4.69, 9.17) is 0 Å². The number of hydrogen-bond donors (Lipinski definition) is 0. The van der Waals surface area contributed by atoms with Gasteiger partial charge in [-0.05, 0) is 48.8 Å². The zero-order valence-corrected chi connectivity index (χ0v) is 12.4. The van der Waals surface area contributed by atoms with Gasteiger partial charge in [0, 0.05) is 11.0 Å². The van der Waals surface area contributed by atoms with Crippen molar-refractivity contribution >= 4 is 11.4 Å². The summed E-state index contributed by atoms with van der Waals surface area (Å²) in [7, 11) is 0. The highest BCUT2D eigenvalue weighted by Gasteiger charge is 2.40. The van der Waals surface area contributed by atoms with Gasteiger partial charge in [-0.15, -0.1) is 0 Å². The molecule has 104 valence electrons. The molecule has 0 radical (unpaired) electrons. The van der Waals surface area contributed by atoms with Gasteiger partial charge in [-0.25, -0.2) is 0 Å². The van der Waals surface area contributed by atoms with E-state index in [9.17, 15) is 4.79 Å². The summed E-state index contributed by atoms with van der Waals surface area (Å²) in [5.41, 5.74) is 4.55. The first-order chi connectivity index (χ1) is 9.59. The van der Waals surface area contributed by atoms with Crippen LogP contribution in [0.4, 0.5) is 0 Å². The SMILES string of the molecule is CC1(C)CC(c2ccccc2)=C(C2=CCCCC2)C1=O. The van der Waals surface area contributed by atoms with Crippen molar-refractivity contribution in [2.75, 3.05) is 0 Å². The van der Waals surface area contributed by atoms with Crippen LogP contribution in [-0.4, -0.2) is 5.78 Å². The zero-order valence-electron chi connectivity index (χ0n) is 12.4. The quantitative estimate of drug-likeness (QED) is 0.741. The number of carbonyl (C=O) groups is 1. The first-order valence-electron chi connectivity index (χ1n) is 7.62. The molecular weight excluding hydrogens is 244 g/mol. The second-order valence-electron chi connectivity index (χ2n) is 6.58. The molecule has 0 aromatic heterocycles. The topological polar surface area (TPSA) is 17.1 Å². The lowest BCUT2D eigenvalue weighted by Gasteiger charge is -2.18. The molecule has 1 nitrogen and oxygen atoms in total. The van der Waals surface area contributed by atoms with Crippen LogP contribution >= 0.6 is 0 Å². The maximum Gasteiger partial charge on any atom is 0.169 e. The fourth-order valence-electron chi connectivity index (χ4n) is 3.38. The van der Waals surface area contributed by atoms with Gasteiger partial charge in [0.2, 0.25) is 0 Å². The average molecular weight is 266 g/mol. The van der Waals surface area contributed by atoms with Crippen LogP contribution in [0.1, 0.15) is 51.5 Å². The first-order valence-corrected chi connectivity index (χ1v) is 7.62. The standard InChI is InChI=1S/C19H22O/c1-19(2)13-16(14-9-5-3-6-10-14)17(18(19)20)15-11-7-4-8-12-15/h3,5-6,9-11H,4,7-8,12-13H2,1-2H3. The Balaban J connectivity index is 2.12. The average Bonchev–Trinajstić information content (AvgIpc) is 2.72. The van der Waals surface area contributed by atoms with Gasteiger partial charge in [-0.2, -0.15) is 0 Å². The second kappa shape index (κ2) is 5.05. The Morgan fingerprint density at radius 1 is 1.05 bits per heavy atom. The van der Waals surface area contributed by atoms with Gasteiger partial charge in [-0.3, -0.25) is 4.79 Å². The van der Waals surface area contributed by atoms with Gasteiger partial charge >= 0.3 is 0 Å². The van der Waals surface area contributed by atoms with Crippen LogP contribution < -0.4 is 0 Å². The van der Waals surface area contributed by atoms with E-state index in [0.717, 1.165) is 24.8 Å². The molecule has 20 heavy (non-hydrogen) atoms. The van der Waals surface area contributed by atoms with Crippen molar-refractivity contribution < 1.29 is 4.79 Å². The Labute approximate surface area is 121 Å². The molecule has 0 N–H and O–H groups in total. The normalized spacial score (nSPS) is 22.1.